The van der Waals surface area contributed by atoms with E-state index in [9.17, 15) is 0 Å². The van der Waals surface area contributed by atoms with E-state index in [0.29, 0.717) is 11.9 Å². The van der Waals surface area contributed by atoms with E-state index in [1.54, 1.807) is 0 Å². The molecule has 5 heterocycles. The number of imidazole rings is 2. The van der Waals surface area contributed by atoms with Crippen LogP contribution in [0.5, 0.6) is 0 Å². The van der Waals surface area contributed by atoms with Gasteiger partial charge in [-0.1, -0.05) is 37.4 Å². The quantitative estimate of drug-likeness (QED) is 0.196. The van der Waals surface area contributed by atoms with Crippen LogP contribution in [0.15, 0.2) is 94.3 Å². The van der Waals surface area contributed by atoms with Crippen LogP contribution >= 0.6 is 0 Å². The molecular weight excluding hydrogens is 540 g/mol. The predicted octanol–water partition coefficient (Wildman–Crippen LogP) is 6.44. The molecule has 42 heavy (non-hydrogen) atoms. The molecule has 0 atom stereocenters. The van der Waals surface area contributed by atoms with Crippen LogP contribution in [0.25, 0.3) is 55.6 Å². The summed E-state index contributed by atoms with van der Waals surface area (Å²) in [4.78, 5) is 19.6. The van der Waals surface area contributed by atoms with Crippen LogP contribution in [0.1, 0.15) is 17.0 Å². The van der Waals surface area contributed by atoms with Crippen molar-refractivity contribution in [1.82, 2.24) is 29.1 Å². The molecule has 0 N–H and O–H groups in total. The second-order valence-corrected chi connectivity index (χ2v) is 16.4. The van der Waals surface area contributed by atoms with Crippen molar-refractivity contribution < 1.29 is 8.83 Å². The molecule has 8 nitrogen and oxygen atoms in total. The van der Waals surface area contributed by atoms with Crippen LogP contribution in [-0.4, -0.2) is 37.1 Å². The number of nitrogens with zero attached hydrogens (tertiary/aromatic N) is 6. The van der Waals surface area contributed by atoms with Gasteiger partial charge in [-0.3, -0.25) is 9.13 Å². The first-order valence-electron chi connectivity index (χ1n) is 14.2. The van der Waals surface area contributed by atoms with Crippen LogP contribution in [0.4, 0.5) is 0 Å². The summed E-state index contributed by atoms with van der Waals surface area (Å²) in [5.41, 5.74) is 12.3. The summed E-state index contributed by atoms with van der Waals surface area (Å²) in [6.45, 7) is 4.50. The van der Waals surface area contributed by atoms with Crippen molar-refractivity contribution in [3.63, 3.8) is 0 Å². The van der Waals surface area contributed by atoms with Gasteiger partial charge >= 0.3 is 0 Å². The third-order valence-electron chi connectivity index (χ3n) is 8.43. The molecule has 0 saturated heterocycles. The van der Waals surface area contributed by atoms with Gasteiger partial charge in [-0.05, 0) is 72.5 Å². The van der Waals surface area contributed by atoms with Gasteiger partial charge in [-0.15, -0.1) is 0 Å². The number of fused-ring (bicyclic) bond motifs is 8. The Morgan fingerprint density at radius 2 is 1.24 bits per heavy atom. The summed E-state index contributed by atoms with van der Waals surface area (Å²) in [5, 5.41) is 0. The maximum absolute atomic E-state index is 6.46. The maximum Gasteiger partial charge on any atom is 0.193 e. The van der Waals surface area contributed by atoms with Gasteiger partial charge in [0.15, 0.2) is 30.6 Å². The highest BCUT2D eigenvalue weighted by Crippen LogP contribution is 2.31. The van der Waals surface area contributed by atoms with Gasteiger partial charge in [0, 0.05) is 17.4 Å². The van der Waals surface area contributed by atoms with Crippen molar-refractivity contribution in [3.05, 3.63) is 102 Å². The Balaban J connectivity index is 1.29. The highest BCUT2D eigenvalue weighted by Gasteiger charge is 2.33. The third kappa shape index (κ3) is 3.53. The summed E-state index contributed by atoms with van der Waals surface area (Å²) < 4.78 is 17.1. The smallest absolute Gasteiger partial charge is 0.193 e. The number of hydrogen-bond acceptors (Lipinski definition) is 6. The van der Waals surface area contributed by atoms with E-state index in [1.165, 1.54) is 11.1 Å². The Morgan fingerprint density at radius 1 is 0.667 bits per heavy atom. The first-order chi connectivity index (χ1) is 20.5. The lowest BCUT2D eigenvalue weighted by molar-refractivity contribution is 0.550. The van der Waals surface area contributed by atoms with Crippen molar-refractivity contribution in [1.29, 1.82) is 0 Å². The van der Waals surface area contributed by atoms with Crippen molar-refractivity contribution in [2.75, 3.05) is 0 Å². The van der Waals surface area contributed by atoms with Gasteiger partial charge in [0.05, 0.1) is 11.0 Å². The van der Waals surface area contributed by atoms with Crippen molar-refractivity contribution in [3.8, 4) is 11.4 Å². The third-order valence-corrected chi connectivity index (χ3v) is 11.0. The summed E-state index contributed by atoms with van der Waals surface area (Å²) in [6.07, 6.45) is 5.59. The zero-order valence-corrected chi connectivity index (χ0v) is 24.2. The van der Waals surface area contributed by atoms with E-state index in [-0.39, 0.29) is 0 Å². The number of oxazole rings is 2. The van der Waals surface area contributed by atoms with Crippen LogP contribution in [-0.2, 0) is 18.9 Å². The highest BCUT2D eigenvalue weighted by molar-refractivity contribution is 6.87. The average Bonchev–Trinajstić information content (AvgIpc) is 3.78. The normalized spacial score (nSPS) is 14.8. The Bertz CT molecular complexity index is 2340. The number of hydrogen-bond donors (Lipinski definition) is 0. The van der Waals surface area contributed by atoms with Gasteiger partial charge < -0.3 is 8.83 Å². The van der Waals surface area contributed by atoms with Crippen LogP contribution in [0.3, 0.4) is 0 Å². The molecule has 1 aliphatic heterocycles. The molecule has 0 fully saturated rings. The highest BCUT2D eigenvalue weighted by atomic mass is 28.3. The molecule has 0 spiro atoms. The summed E-state index contributed by atoms with van der Waals surface area (Å²) in [5.74, 6) is 0.694. The minimum absolute atomic E-state index is 0.657. The molecule has 9 rings (SSSR count). The lowest BCUT2D eigenvalue weighted by Gasteiger charge is -2.15. The van der Waals surface area contributed by atoms with Gasteiger partial charge in [-0.25, -0.2) is 19.9 Å². The fraction of sp³-hybridized carbons (Fsp3) is 0.152. The minimum atomic E-state index is -2.25. The molecule has 0 amide bonds. The molecule has 4 aromatic carbocycles. The lowest BCUT2D eigenvalue weighted by atomic mass is 10.0. The Labute approximate surface area is 241 Å². The average molecular weight is 567 g/mol. The molecule has 1 aliphatic rings. The molecule has 4 aromatic heterocycles. The van der Waals surface area contributed by atoms with Crippen LogP contribution in [0.2, 0.25) is 13.1 Å². The zero-order chi connectivity index (χ0) is 28.0. The second-order valence-electron chi connectivity index (χ2n) is 11.8. The number of rotatable bonds is 0. The van der Waals surface area contributed by atoms with Gasteiger partial charge in [0.1, 0.15) is 34.7 Å². The fourth-order valence-corrected chi connectivity index (χ4v) is 8.11. The molecule has 9 heteroatoms. The molecular formula is C33H26N6O2Si. The molecule has 0 saturated carbocycles. The van der Waals surface area contributed by atoms with E-state index in [1.807, 2.05) is 36.9 Å². The van der Waals surface area contributed by atoms with Crippen LogP contribution < -0.4 is 5.51 Å². The standard InChI is InChI=1S/C33H26N6O2Si/c1-42(2)17-28-36-29-26(40-28)13-11-24-31(29)38(18-34-24)22-7-3-5-20(15-22)9-10-21-6-4-8-23(16-21)39-19-35-25-12-14-27-30(32(25)39)37-33(42)41-27/h3-8,11-16,18-19H,9-10,17H2,1-2H3. The number of aryl methyl sites for hydroxylation is 2. The molecule has 0 radical (unpaired) electrons. The van der Waals surface area contributed by atoms with E-state index in [0.717, 1.165) is 74.0 Å². The maximum atomic E-state index is 6.46. The summed E-state index contributed by atoms with van der Waals surface area (Å²) >= 11 is 0. The monoisotopic (exact) mass is 566 g/mol. The lowest BCUT2D eigenvalue weighted by Crippen LogP contribution is -2.45. The van der Waals surface area contributed by atoms with E-state index >= 15 is 0 Å². The minimum Gasteiger partial charge on any atom is -0.446 e. The number of aromatic nitrogens is 6. The van der Waals surface area contributed by atoms with Gasteiger partial charge in [0.25, 0.3) is 0 Å². The topological polar surface area (TPSA) is 87.7 Å². The number of benzene rings is 4. The van der Waals surface area contributed by atoms with Gasteiger partial charge in [-0.2, -0.15) is 0 Å². The SMILES string of the molecule is C[Si]1(C)Cc2nc3c(ccc4ncn(c43)-c3cccc(c3)CCc3cccc(c3)-n3cnc4ccc5oc1nc5c43)o2. The first-order valence-corrected chi connectivity index (χ1v) is 17.4. The van der Waals surface area contributed by atoms with E-state index in [2.05, 4.69) is 70.8 Å². The molecule has 204 valence electrons. The first kappa shape index (κ1) is 23.7. The predicted molar refractivity (Wildman–Crippen MR) is 166 cm³/mol. The van der Waals surface area contributed by atoms with Crippen molar-refractivity contribution in [2.24, 2.45) is 0 Å². The van der Waals surface area contributed by atoms with E-state index in [4.69, 9.17) is 28.8 Å². The zero-order valence-electron chi connectivity index (χ0n) is 23.2. The Kier molecular flexibility index (Phi) is 4.79. The largest absolute Gasteiger partial charge is 0.446 e. The van der Waals surface area contributed by atoms with Crippen molar-refractivity contribution >= 4 is 57.9 Å². The molecule has 8 aromatic rings. The van der Waals surface area contributed by atoms with Gasteiger partial charge in [0.2, 0.25) is 0 Å². The fourth-order valence-electron chi connectivity index (χ4n) is 6.25. The molecule has 0 aliphatic carbocycles. The summed E-state index contributed by atoms with van der Waals surface area (Å²) in [6, 6.07) is 26.0. The molecule has 8 bridgehead atoms. The van der Waals surface area contributed by atoms with E-state index < -0.39 is 8.07 Å². The van der Waals surface area contributed by atoms with Crippen LogP contribution in [0, 0.1) is 0 Å². The Hall–Kier alpha value is -5.02. The summed E-state index contributed by atoms with van der Waals surface area (Å²) in [7, 11) is -2.25. The van der Waals surface area contributed by atoms with Crippen molar-refractivity contribution in [2.45, 2.75) is 32.0 Å². The second kappa shape index (κ2) is 8.50. The molecule has 0 unspecified atom stereocenters. The Morgan fingerprint density at radius 3 is 1.86 bits per heavy atom.